The van der Waals surface area contributed by atoms with E-state index < -0.39 is 0 Å². The van der Waals surface area contributed by atoms with E-state index >= 15 is 0 Å². The normalized spacial score (nSPS) is 10.7. The summed E-state index contributed by atoms with van der Waals surface area (Å²) < 4.78 is 6.99. The number of aromatic nitrogens is 4. The molecule has 7 heteroatoms. The molecule has 0 unspecified atom stereocenters. The zero-order valence-electron chi connectivity index (χ0n) is 14.4. The van der Waals surface area contributed by atoms with Gasteiger partial charge in [-0.3, -0.25) is 4.79 Å². The van der Waals surface area contributed by atoms with E-state index in [1.54, 1.807) is 10.7 Å². The molecule has 0 fully saturated rings. The molecule has 0 atom stereocenters. The molecule has 27 heavy (non-hydrogen) atoms. The van der Waals surface area contributed by atoms with Gasteiger partial charge in [-0.2, -0.15) is 0 Å². The van der Waals surface area contributed by atoms with Gasteiger partial charge >= 0.3 is 0 Å². The first-order chi connectivity index (χ1) is 13.3. The molecule has 0 bridgehead atoms. The van der Waals surface area contributed by atoms with Crippen LogP contribution in [-0.2, 0) is 13.1 Å². The van der Waals surface area contributed by atoms with E-state index in [2.05, 4.69) is 20.8 Å². The average molecular weight is 359 g/mol. The lowest BCUT2D eigenvalue weighted by Gasteiger charge is -2.00. The SMILES string of the molecule is O=C(NCc1cn(Cc2ccccc2)nn1)c1cc(-c2ccccc2)on1. The highest BCUT2D eigenvalue weighted by Crippen LogP contribution is 2.19. The summed E-state index contributed by atoms with van der Waals surface area (Å²) in [6.07, 6.45) is 1.81. The van der Waals surface area contributed by atoms with Crippen LogP contribution in [0, 0.1) is 0 Å². The maximum atomic E-state index is 12.3. The number of rotatable bonds is 6. The standard InChI is InChI=1S/C20H17N5O2/c26-20(18-11-19(27-23-18)16-9-5-2-6-10-16)21-12-17-14-25(24-22-17)13-15-7-3-1-4-8-15/h1-11,14H,12-13H2,(H,21,26). The van der Waals surface area contributed by atoms with Crippen molar-refractivity contribution in [3.63, 3.8) is 0 Å². The third kappa shape index (κ3) is 4.09. The number of benzene rings is 2. The third-order valence-corrected chi connectivity index (χ3v) is 4.00. The lowest BCUT2D eigenvalue weighted by Crippen LogP contribution is -2.23. The minimum atomic E-state index is -0.321. The second-order valence-corrected chi connectivity index (χ2v) is 6.02. The Hall–Kier alpha value is -3.74. The summed E-state index contributed by atoms with van der Waals surface area (Å²) in [5.41, 5.74) is 2.90. The van der Waals surface area contributed by atoms with Crippen LogP contribution in [0.2, 0.25) is 0 Å². The number of nitrogens with one attached hydrogen (secondary N) is 1. The van der Waals surface area contributed by atoms with E-state index in [-0.39, 0.29) is 18.1 Å². The molecule has 2 aromatic heterocycles. The van der Waals surface area contributed by atoms with Crippen molar-refractivity contribution in [3.05, 3.63) is 89.9 Å². The van der Waals surface area contributed by atoms with Crippen LogP contribution in [0.5, 0.6) is 0 Å². The van der Waals surface area contributed by atoms with Crippen LogP contribution in [0.4, 0.5) is 0 Å². The lowest BCUT2D eigenvalue weighted by molar-refractivity contribution is 0.0941. The van der Waals surface area contributed by atoms with E-state index in [0.29, 0.717) is 18.0 Å². The Morgan fingerprint density at radius 1 is 1.04 bits per heavy atom. The predicted molar refractivity (Wildman–Crippen MR) is 98.7 cm³/mol. The summed E-state index contributed by atoms with van der Waals surface area (Å²) in [7, 11) is 0. The summed E-state index contributed by atoms with van der Waals surface area (Å²) in [4.78, 5) is 12.3. The lowest BCUT2D eigenvalue weighted by atomic mass is 10.1. The highest BCUT2D eigenvalue weighted by atomic mass is 16.5. The van der Waals surface area contributed by atoms with Gasteiger partial charge in [-0.15, -0.1) is 5.10 Å². The first-order valence-electron chi connectivity index (χ1n) is 8.51. The van der Waals surface area contributed by atoms with E-state index in [0.717, 1.165) is 11.1 Å². The molecule has 2 heterocycles. The topological polar surface area (TPSA) is 85.8 Å². The first-order valence-corrected chi connectivity index (χ1v) is 8.51. The van der Waals surface area contributed by atoms with Crippen LogP contribution < -0.4 is 5.32 Å². The Balaban J connectivity index is 1.35. The number of carbonyl (C=O) groups is 1. The van der Waals surface area contributed by atoms with Gasteiger partial charge in [0, 0.05) is 11.6 Å². The van der Waals surface area contributed by atoms with Gasteiger partial charge in [-0.05, 0) is 5.56 Å². The zero-order chi connectivity index (χ0) is 18.5. The van der Waals surface area contributed by atoms with Gasteiger partial charge < -0.3 is 9.84 Å². The quantitative estimate of drug-likeness (QED) is 0.572. The fourth-order valence-electron chi connectivity index (χ4n) is 2.65. The summed E-state index contributed by atoms with van der Waals surface area (Å²) >= 11 is 0. The van der Waals surface area contributed by atoms with Crippen molar-refractivity contribution in [2.24, 2.45) is 0 Å². The number of carbonyl (C=O) groups excluding carboxylic acids is 1. The molecule has 2 aromatic carbocycles. The molecular formula is C20H17N5O2. The van der Waals surface area contributed by atoms with Crippen LogP contribution in [0.25, 0.3) is 11.3 Å². The van der Waals surface area contributed by atoms with Crippen molar-refractivity contribution in [1.82, 2.24) is 25.5 Å². The van der Waals surface area contributed by atoms with E-state index in [9.17, 15) is 4.79 Å². The van der Waals surface area contributed by atoms with Crippen molar-refractivity contribution in [1.29, 1.82) is 0 Å². The second-order valence-electron chi connectivity index (χ2n) is 6.02. The van der Waals surface area contributed by atoms with Gasteiger partial charge in [0.05, 0.1) is 19.3 Å². The Morgan fingerprint density at radius 3 is 2.56 bits per heavy atom. The molecule has 4 aromatic rings. The fraction of sp³-hybridized carbons (Fsp3) is 0.100. The van der Waals surface area contributed by atoms with Crippen LogP contribution in [0.15, 0.2) is 77.4 Å². The highest BCUT2D eigenvalue weighted by molar-refractivity contribution is 5.93. The molecule has 0 saturated heterocycles. The average Bonchev–Trinajstić information content (AvgIpc) is 3.37. The summed E-state index contributed by atoms with van der Waals surface area (Å²) in [5, 5.41) is 14.8. The number of amides is 1. The van der Waals surface area contributed by atoms with Crippen molar-refractivity contribution in [2.75, 3.05) is 0 Å². The maximum absolute atomic E-state index is 12.3. The predicted octanol–water partition coefficient (Wildman–Crippen LogP) is 2.91. The molecule has 0 aliphatic carbocycles. The molecule has 0 aliphatic heterocycles. The molecule has 0 spiro atoms. The Kier molecular flexibility index (Phi) is 4.74. The van der Waals surface area contributed by atoms with Crippen molar-refractivity contribution in [2.45, 2.75) is 13.1 Å². The molecule has 1 amide bonds. The third-order valence-electron chi connectivity index (χ3n) is 4.00. The highest BCUT2D eigenvalue weighted by Gasteiger charge is 2.14. The largest absolute Gasteiger partial charge is 0.355 e. The molecule has 7 nitrogen and oxygen atoms in total. The van der Waals surface area contributed by atoms with Gasteiger partial charge in [0.2, 0.25) is 0 Å². The number of nitrogens with zero attached hydrogens (tertiary/aromatic N) is 4. The van der Waals surface area contributed by atoms with Crippen LogP contribution in [0.3, 0.4) is 0 Å². The van der Waals surface area contributed by atoms with Crippen LogP contribution >= 0.6 is 0 Å². The van der Waals surface area contributed by atoms with Crippen molar-refractivity contribution in [3.8, 4) is 11.3 Å². The Morgan fingerprint density at radius 2 is 1.78 bits per heavy atom. The molecule has 0 saturated carbocycles. The van der Waals surface area contributed by atoms with E-state index in [4.69, 9.17) is 4.52 Å². The van der Waals surface area contributed by atoms with Gasteiger partial charge in [0.25, 0.3) is 5.91 Å². The minimum absolute atomic E-state index is 0.227. The monoisotopic (exact) mass is 359 g/mol. The minimum Gasteiger partial charge on any atom is -0.355 e. The zero-order valence-corrected chi connectivity index (χ0v) is 14.4. The van der Waals surface area contributed by atoms with Gasteiger partial charge in [-0.1, -0.05) is 71.0 Å². The second kappa shape index (κ2) is 7.65. The molecule has 1 N–H and O–H groups in total. The summed E-state index contributed by atoms with van der Waals surface area (Å²) in [6.45, 7) is 0.895. The molecule has 0 radical (unpaired) electrons. The van der Waals surface area contributed by atoms with Crippen molar-refractivity contribution >= 4 is 5.91 Å². The van der Waals surface area contributed by atoms with Crippen LogP contribution in [0.1, 0.15) is 21.7 Å². The molecular weight excluding hydrogens is 342 g/mol. The summed E-state index contributed by atoms with van der Waals surface area (Å²) in [6, 6.07) is 21.1. The van der Waals surface area contributed by atoms with Crippen LogP contribution in [-0.4, -0.2) is 26.1 Å². The smallest absolute Gasteiger partial charge is 0.273 e. The van der Waals surface area contributed by atoms with Crippen molar-refractivity contribution < 1.29 is 9.32 Å². The molecule has 134 valence electrons. The molecule has 4 rings (SSSR count). The van der Waals surface area contributed by atoms with Gasteiger partial charge in [0.1, 0.15) is 5.69 Å². The Labute approximate surface area is 155 Å². The van der Waals surface area contributed by atoms with E-state index in [1.807, 2.05) is 66.9 Å². The first kappa shape index (κ1) is 16.7. The Bertz CT molecular complexity index is 1020. The van der Waals surface area contributed by atoms with E-state index in [1.165, 1.54) is 0 Å². The van der Waals surface area contributed by atoms with Gasteiger partial charge in [0.15, 0.2) is 11.5 Å². The maximum Gasteiger partial charge on any atom is 0.273 e. The summed E-state index contributed by atoms with van der Waals surface area (Å²) in [5.74, 6) is 0.230. The number of hydrogen-bond acceptors (Lipinski definition) is 5. The fourth-order valence-corrected chi connectivity index (χ4v) is 2.65. The number of hydrogen-bond donors (Lipinski definition) is 1. The molecule has 0 aliphatic rings. The van der Waals surface area contributed by atoms with Gasteiger partial charge in [-0.25, -0.2) is 4.68 Å².